The first-order valence-electron chi connectivity index (χ1n) is 9.78. The van der Waals surface area contributed by atoms with Crippen molar-refractivity contribution < 1.29 is 9.53 Å². The molecule has 0 saturated carbocycles. The zero-order chi connectivity index (χ0) is 21.1. The lowest BCUT2D eigenvalue weighted by Gasteiger charge is -2.10. The molecule has 152 valence electrons. The number of hydrogen-bond acceptors (Lipinski definition) is 4. The molecule has 1 N–H and O–H groups in total. The summed E-state index contributed by atoms with van der Waals surface area (Å²) in [5.41, 5.74) is 5.12. The van der Waals surface area contributed by atoms with Crippen molar-refractivity contribution in [3.05, 3.63) is 82.5 Å². The van der Waals surface area contributed by atoms with Crippen LogP contribution in [0.25, 0.3) is 11.8 Å². The number of aromatic nitrogens is 1. The van der Waals surface area contributed by atoms with Crippen LogP contribution in [-0.4, -0.2) is 22.8 Å². The molecule has 1 amide bonds. The topological polar surface area (TPSA) is 55.6 Å². The Labute approximate surface area is 180 Å². The standard InChI is InChI=1S/C24H23N3O2S/c1-4-17-6-8-18(9-7-17)25-24-26-23(28)22(30-24)15-20-10-5-16(2)27(20)19-11-13-21(29-3)14-12-19/h5-15H,4H2,1-3H3,(H,25,26,28)/b22-15-. The third kappa shape index (κ3) is 4.19. The molecule has 0 radical (unpaired) electrons. The van der Waals surface area contributed by atoms with Gasteiger partial charge in [-0.1, -0.05) is 19.1 Å². The first-order chi connectivity index (χ1) is 14.6. The summed E-state index contributed by atoms with van der Waals surface area (Å²) >= 11 is 1.35. The second kappa shape index (κ2) is 8.63. The monoisotopic (exact) mass is 417 g/mol. The summed E-state index contributed by atoms with van der Waals surface area (Å²) in [6.45, 7) is 4.16. The van der Waals surface area contributed by atoms with Crippen molar-refractivity contribution in [1.29, 1.82) is 0 Å². The van der Waals surface area contributed by atoms with Crippen molar-refractivity contribution in [3.63, 3.8) is 0 Å². The molecule has 1 saturated heterocycles. The summed E-state index contributed by atoms with van der Waals surface area (Å²) in [6, 6.07) is 20.0. The Morgan fingerprint density at radius 3 is 2.47 bits per heavy atom. The average Bonchev–Trinajstić information content (AvgIpc) is 3.30. The highest BCUT2D eigenvalue weighted by Crippen LogP contribution is 2.30. The fraction of sp³-hybridized carbons (Fsp3) is 0.167. The fourth-order valence-corrected chi connectivity index (χ4v) is 4.12. The number of benzene rings is 2. The van der Waals surface area contributed by atoms with Crippen molar-refractivity contribution in [1.82, 2.24) is 9.88 Å². The van der Waals surface area contributed by atoms with E-state index < -0.39 is 0 Å². The quantitative estimate of drug-likeness (QED) is 0.577. The minimum absolute atomic E-state index is 0.135. The Hall–Kier alpha value is -3.25. The lowest BCUT2D eigenvalue weighted by atomic mass is 10.2. The van der Waals surface area contributed by atoms with E-state index in [-0.39, 0.29) is 5.91 Å². The normalized spacial score (nSPS) is 16.3. The lowest BCUT2D eigenvalue weighted by molar-refractivity contribution is -0.115. The Bertz CT molecular complexity index is 1130. The van der Waals surface area contributed by atoms with E-state index in [1.54, 1.807) is 7.11 Å². The molecule has 4 rings (SSSR count). The van der Waals surface area contributed by atoms with Gasteiger partial charge in [0, 0.05) is 17.1 Å². The average molecular weight is 418 g/mol. The summed E-state index contributed by atoms with van der Waals surface area (Å²) in [4.78, 5) is 17.7. The van der Waals surface area contributed by atoms with Crippen molar-refractivity contribution >= 4 is 34.6 Å². The van der Waals surface area contributed by atoms with Crippen LogP contribution in [0.3, 0.4) is 0 Å². The van der Waals surface area contributed by atoms with Crippen LogP contribution < -0.4 is 10.1 Å². The number of thioether (sulfide) groups is 1. The number of nitrogens with one attached hydrogen (secondary N) is 1. The minimum Gasteiger partial charge on any atom is -0.497 e. The molecular weight excluding hydrogens is 394 g/mol. The Morgan fingerprint density at radius 2 is 1.80 bits per heavy atom. The van der Waals surface area contributed by atoms with Crippen molar-refractivity contribution in [3.8, 4) is 11.4 Å². The van der Waals surface area contributed by atoms with Crippen LogP contribution in [0, 0.1) is 6.92 Å². The molecule has 0 bridgehead atoms. The van der Waals surface area contributed by atoms with E-state index in [0.29, 0.717) is 10.1 Å². The van der Waals surface area contributed by atoms with Crippen molar-refractivity contribution in [2.24, 2.45) is 4.99 Å². The number of amides is 1. The van der Waals surface area contributed by atoms with E-state index in [1.165, 1.54) is 17.3 Å². The maximum Gasteiger partial charge on any atom is 0.264 e. The molecule has 1 aliphatic heterocycles. The molecule has 3 aromatic rings. The van der Waals surface area contributed by atoms with Crippen LogP contribution >= 0.6 is 11.8 Å². The van der Waals surface area contributed by atoms with Crippen molar-refractivity contribution in [2.75, 3.05) is 7.11 Å². The number of amidine groups is 1. The summed E-state index contributed by atoms with van der Waals surface area (Å²) in [5.74, 6) is 0.672. The van der Waals surface area contributed by atoms with E-state index in [1.807, 2.05) is 61.5 Å². The number of carbonyl (C=O) groups excluding carboxylic acids is 1. The number of rotatable bonds is 5. The SMILES string of the molecule is CCc1ccc(N=C2NC(=O)/C(=C/c3ccc(C)n3-c3ccc(OC)cc3)S2)cc1. The first-order valence-corrected chi connectivity index (χ1v) is 10.6. The van der Waals surface area contributed by atoms with Gasteiger partial charge in [-0.2, -0.15) is 0 Å². The van der Waals surface area contributed by atoms with Crippen LogP contribution in [0.15, 0.2) is 70.6 Å². The Morgan fingerprint density at radius 1 is 1.07 bits per heavy atom. The Kier molecular flexibility index (Phi) is 5.77. The van der Waals surface area contributed by atoms with Crippen LogP contribution in [0.2, 0.25) is 0 Å². The number of aryl methyl sites for hydroxylation is 2. The largest absolute Gasteiger partial charge is 0.497 e. The van der Waals surface area contributed by atoms with Gasteiger partial charge in [-0.25, -0.2) is 4.99 Å². The fourth-order valence-electron chi connectivity index (χ4n) is 3.29. The van der Waals surface area contributed by atoms with E-state index in [4.69, 9.17) is 4.74 Å². The molecule has 1 aliphatic rings. The molecule has 1 fully saturated rings. The molecule has 0 spiro atoms. The van der Waals surface area contributed by atoms with Crippen LogP contribution in [0.5, 0.6) is 5.75 Å². The predicted octanol–water partition coefficient (Wildman–Crippen LogP) is 5.25. The molecule has 5 nitrogen and oxygen atoms in total. The molecule has 6 heteroatoms. The lowest BCUT2D eigenvalue weighted by Crippen LogP contribution is -2.19. The van der Waals surface area contributed by atoms with Crippen LogP contribution in [0.4, 0.5) is 5.69 Å². The van der Waals surface area contributed by atoms with Crippen LogP contribution in [-0.2, 0) is 11.2 Å². The summed E-state index contributed by atoms with van der Waals surface area (Å²) in [7, 11) is 1.65. The third-order valence-corrected chi connectivity index (χ3v) is 5.85. The number of methoxy groups -OCH3 is 1. The Balaban J connectivity index is 1.60. The number of carbonyl (C=O) groups is 1. The molecule has 0 atom stereocenters. The zero-order valence-corrected chi connectivity index (χ0v) is 18.0. The second-order valence-corrected chi connectivity index (χ2v) is 7.97. The van der Waals surface area contributed by atoms with Gasteiger partial charge in [0.1, 0.15) is 5.75 Å². The van der Waals surface area contributed by atoms with Gasteiger partial charge in [-0.05, 0) is 85.3 Å². The van der Waals surface area contributed by atoms with Gasteiger partial charge in [-0.15, -0.1) is 0 Å². The summed E-state index contributed by atoms with van der Waals surface area (Å²) in [5, 5.41) is 3.45. The first kappa shape index (κ1) is 20.0. The van der Waals surface area contributed by atoms with Gasteiger partial charge in [0.25, 0.3) is 5.91 Å². The van der Waals surface area contributed by atoms with E-state index in [0.717, 1.165) is 34.9 Å². The van der Waals surface area contributed by atoms with E-state index >= 15 is 0 Å². The second-order valence-electron chi connectivity index (χ2n) is 6.93. The highest BCUT2D eigenvalue weighted by Gasteiger charge is 2.24. The molecule has 30 heavy (non-hydrogen) atoms. The smallest absolute Gasteiger partial charge is 0.264 e. The molecule has 0 unspecified atom stereocenters. The van der Waals surface area contributed by atoms with Gasteiger partial charge < -0.3 is 14.6 Å². The molecule has 1 aromatic heterocycles. The van der Waals surface area contributed by atoms with E-state index in [9.17, 15) is 4.79 Å². The highest BCUT2D eigenvalue weighted by atomic mass is 32.2. The number of nitrogens with zero attached hydrogens (tertiary/aromatic N) is 2. The summed E-state index contributed by atoms with van der Waals surface area (Å²) < 4.78 is 7.36. The molecule has 0 aliphatic carbocycles. The predicted molar refractivity (Wildman–Crippen MR) is 124 cm³/mol. The number of hydrogen-bond donors (Lipinski definition) is 1. The third-order valence-electron chi connectivity index (χ3n) is 4.94. The summed E-state index contributed by atoms with van der Waals surface area (Å²) in [6.07, 6.45) is 2.89. The van der Waals surface area contributed by atoms with Gasteiger partial charge in [0.2, 0.25) is 0 Å². The maximum absolute atomic E-state index is 12.5. The number of aliphatic imine (C=N–C) groups is 1. The van der Waals surface area contributed by atoms with Gasteiger partial charge >= 0.3 is 0 Å². The van der Waals surface area contributed by atoms with E-state index in [2.05, 4.69) is 33.9 Å². The number of ether oxygens (including phenoxy) is 1. The van der Waals surface area contributed by atoms with Crippen molar-refractivity contribution in [2.45, 2.75) is 20.3 Å². The van der Waals surface area contributed by atoms with Gasteiger partial charge in [-0.3, -0.25) is 4.79 Å². The zero-order valence-electron chi connectivity index (χ0n) is 17.2. The molecule has 2 aromatic carbocycles. The van der Waals surface area contributed by atoms with Gasteiger partial charge in [0.05, 0.1) is 17.7 Å². The maximum atomic E-state index is 12.5. The molecular formula is C24H23N3O2S. The molecule has 2 heterocycles. The van der Waals surface area contributed by atoms with Crippen LogP contribution in [0.1, 0.15) is 23.9 Å². The highest BCUT2D eigenvalue weighted by molar-refractivity contribution is 8.18. The van der Waals surface area contributed by atoms with Gasteiger partial charge in [0.15, 0.2) is 5.17 Å². The minimum atomic E-state index is -0.135.